The number of unbranched alkanes of at least 4 members (excludes halogenated alkanes) is 1. The Labute approximate surface area is 122 Å². The zero-order valence-corrected chi connectivity index (χ0v) is 12.8. The van der Waals surface area contributed by atoms with E-state index in [0.29, 0.717) is 6.42 Å². The van der Waals surface area contributed by atoms with E-state index in [1.807, 2.05) is 30.3 Å². The maximum atomic E-state index is 12.2. The van der Waals surface area contributed by atoms with Gasteiger partial charge in [0.1, 0.15) is 0 Å². The molecule has 0 aliphatic carbocycles. The summed E-state index contributed by atoms with van der Waals surface area (Å²) in [7, 11) is 0. The maximum absolute atomic E-state index is 12.2. The molecule has 1 amide bonds. The van der Waals surface area contributed by atoms with Gasteiger partial charge >= 0.3 is 0 Å². The Hall–Kier alpha value is -1.35. The van der Waals surface area contributed by atoms with Gasteiger partial charge in [-0.15, -0.1) is 0 Å². The standard InChI is InChI=1S/C17H28N2O/c1-3-5-12-15(9-4-2)19-17(20)16(18)13-14-10-7-6-8-11-14/h6-8,10-11,15-16H,3-5,9,12-13,18H2,1-2H3,(H,19,20)/t15?,16-/m1/s1. The molecule has 0 aliphatic rings. The first kappa shape index (κ1) is 16.7. The topological polar surface area (TPSA) is 55.1 Å². The Morgan fingerprint density at radius 1 is 1.15 bits per heavy atom. The van der Waals surface area contributed by atoms with E-state index < -0.39 is 6.04 Å². The monoisotopic (exact) mass is 276 g/mol. The van der Waals surface area contributed by atoms with Crippen molar-refractivity contribution < 1.29 is 4.79 Å². The van der Waals surface area contributed by atoms with E-state index in [9.17, 15) is 4.79 Å². The minimum Gasteiger partial charge on any atom is -0.352 e. The lowest BCUT2D eigenvalue weighted by atomic mass is 10.0. The molecule has 1 unspecified atom stereocenters. The molecule has 3 N–H and O–H groups in total. The van der Waals surface area contributed by atoms with Crippen molar-refractivity contribution in [3.8, 4) is 0 Å². The number of carbonyl (C=O) groups is 1. The Bertz CT molecular complexity index is 378. The van der Waals surface area contributed by atoms with Gasteiger partial charge in [0.05, 0.1) is 6.04 Å². The smallest absolute Gasteiger partial charge is 0.237 e. The predicted molar refractivity (Wildman–Crippen MR) is 84.5 cm³/mol. The summed E-state index contributed by atoms with van der Waals surface area (Å²) in [6.45, 7) is 4.32. The molecular formula is C17H28N2O. The lowest BCUT2D eigenvalue weighted by Crippen LogP contribution is -2.46. The Morgan fingerprint density at radius 3 is 2.45 bits per heavy atom. The zero-order chi connectivity index (χ0) is 14.8. The fraction of sp³-hybridized carbons (Fsp3) is 0.588. The summed E-state index contributed by atoms with van der Waals surface area (Å²) in [4.78, 5) is 12.2. The van der Waals surface area contributed by atoms with Crippen molar-refractivity contribution in [3.63, 3.8) is 0 Å². The van der Waals surface area contributed by atoms with Gasteiger partial charge in [-0.25, -0.2) is 0 Å². The molecule has 0 heterocycles. The van der Waals surface area contributed by atoms with Crippen LogP contribution in [0.1, 0.15) is 51.5 Å². The molecule has 0 aromatic heterocycles. The molecule has 0 spiro atoms. The summed E-state index contributed by atoms with van der Waals surface area (Å²) in [5, 5.41) is 3.11. The van der Waals surface area contributed by atoms with Crippen LogP contribution >= 0.6 is 0 Å². The summed E-state index contributed by atoms with van der Waals surface area (Å²) in [5.74, 6) is -0.0246. The summed E-state index contributed by atoms with van der Waals surface area (Å²) < 4.78 is 0. The lowest BCUT2D eigenvalue weighted by Gasteiger charge is -2.20. The van der Waals surface area contributed by atoms with Crippen LogP contribution in [0.3, 0.4) is 0 Å². The first-order valence-electron chi connectivity index (χ1n) is 7.77. The van der Waals surface area contributed by atoms with Gasteiger partial charge < -0.3 is 11.1 Å². The minimum atomic E-state index is -0.460. The lowest BCUT2D eigenvalue weighted by molar-refractivity contribution is -0.123. The van der Waals surface area contributed by atoms with Crippen molar-refractivity contribution in [2.24, 2.45) is 5.73 Å². The molecule has 3 nitrogen and oxygen atoms in total. The van der Waals surface area contributed by atoms with E-state index in [1.54, 1.807) is 0 Å². The summed E-state index contributed by atoms with van der Waals surface area (Å²) in [6.07, 6.45) is 6.07. The summed E-state index contributed by atoms with van der Waals surface area (Å²) in [5.41, 5.74) is 7.12. The average molecular weight is 276 g/mol. The van der Waals surface area contributed by atoms with Gasteiger partial charge in [-0.05, 0) is 24.8 Å². The van der Waals surface area contributed by atoms with Crippen LogP contribution in [0.15, 0.2) is 30.3 Å². The Balaban J connectivity index is 2.46. The normalized spacial score (nSPS) is 13.8. The Kier molecular flexibility index (Phi) is 7.97. The molecule has 3 heteroatoms. The van der Waals surface area contributed by atoms with E-state index in [-0.39, 0.29) is 11.9 Å². The van der Waals surface area contributed by atoms with Gasteiger partial charge in [-0.1, -0.05) is 63.4 Å². The van der Waals surface area contributed by atoms with E-state index in [4.69, 9.17) is 5.73 Å². The molecule has 112 valence electrons. The number of nitrogens with one attached hydrogen (secondary N) is 1. The first-order chi connectivity index (χ1) is 9.67. The fourth-order valence-corrected chi connectivity index (χ4v) is 2.36. The van der Waals surface area contributed by atoms with E-state index in [1.165, 1.54) is 0 Å². The number of nitrogens with two attached hydrogens (primary N) is 1. The molecule has 0 radical (unpaired) electrons. The minimum absolute atomic E-state index is 0.0246. The van der Waals surface area contributed by atoms with E-state index in [0.717, 1.165) is 37.7 Å². The SMILES string of the molecule is CCCCC(CCC)NC(=O)[C@H](N)Cc1ccccc1. The van der Waals surface area contributed by atoms with Crippen LogP contribution in [0.5, 0.6) is 0 Å². The van der Waals surface area contributed by atoms with Crippen molar-refractivity contribution in [1.82, 2.24) is 5.32 Å². The number of hydrogen-bond acceptors (Lipinski definition) is 2. The Morgan fingerprint density at radius 2 is 1.85 bits per heavy atom. The number of amides is 1. The van der Waals surface area contributed by atoms with Crippen molar-refractivity contribution in [1.29, 1.82) is 0 Å². The van der Waals surface area contributed by atoms with Crippen LogP contribution in [0.2, 0.25) is 0 Å². The van der Waals surface area contributed by atoms with Gasteiger partial charge in [-0.2, -0.15) is 0 Å². The van der Waals surface area contributed by atoms with Crippen LogP contribution in [0.25, 0.3) is 0 Å². The highest BCUT2D eigenvalue weighted by Crippen LogP contribution is 2.08. The van der Waals surface area contributed by atoms with Gasteiger partial charge in [0.2, 0.25) is 5.91 Å². The molecule has 0 fully saturated rings. The van der Waals surface area contributed by atoms with Crippen LogP contribution in [-0.4, -0.2) is 18.0 Å². The molecular weight excluding hydrogens is 248 g/mol. The zero-order valence-electron chi connectivity index (χ0n) is 12.8. The van der Waals surface area contributed by atoms with Crippen molar-refractivity contribution in [2.45, 2.75) is 64.5 Å². The predicted octanol–water partition coefficient (Wildman–Crippen LogP) is 3.03. The third kappa shape index (κ3) is 6.20. The highest BCUT2D eigenvalue weighted by molar-refractivity contribution is 5.82. The number of rotatable bonds is 9. The van der Waals surface area contributed by atoms with Gasteiger partial charge in [0, 0.05) is 6.04 Å². The number of hydrogen-bond donors (Lipinski definition) is 2. The largest absolute Gasteiger partial charge is 0.352 e. The molecule has 1 rings (SSSR count). The second-order valence-corrected chi connectivity index (χ2v) is 5.43. The van der Waals surface area contributed by atoms with Crippen molar-refractivity contribution in [3.05, 3.63) is 35.9 Å². The third-order valence-corrected chi connectivity index (χ3v) is 3.52. The van der Waals surface area contributed by atoms with Crippen LogP contribution < -0.4 is 11.1 Å². The third-order valence-electron chi connectivity index (χ3n) is 3.52. The van der Waals surface area contributed by atoms with Crippen LogP contribution in [-0.2, 0) is 11.2 Å². The fourth-order valence-electron chi connectivity index (χ4n) is 2.36. The van der Waals surface area contributed by atoms with Gasteiger partial charge in [0.25, 0.3) is 0 Å². The average Bonchev–Trinajstić information content (AvgIpc) is 2.46. The molecule has 20 heavy (non-hydrogen) atoms. The number of carbonyl (C=O) groups excluding carboxylic acids is 1. The van der Waals surface area contributed by atoms with E-state index >= 15 is 0 Å². The number of benzene rings is 1. The first-order valence-corrected chi connectivity index (χ1v) is 7.77. The van der Waals surface area contributed by atoms with Gasteiger partial charge in [0.15, 0.2) is 0 Å². The van der Waals surface area contributed by atoms with Gasteiger partial charge in [-0.3, -0.25) is 4.79 Å². The van der Waals surface area contributed by atoms with E-state index in [2.05, 4.69) is 19.2 Å². The van der Waals surface area contributed by atoms with Crippen molar-refractivity contribution in [2.75, 3.05) is 0 Å². The molecule has 0 aliphatic heterocycles. The van der Waals surface area contributed by atoms with Crippen LogP contribution in [0, 0.1) is 0 Å². The molecule has 1 aromatic rings. The highest BCUT2D eigenvalue weighted by atomic mass is 16.2. The maximum Gasteiger partial charge on any atom is 0.237 e. The second kappa shape index (κ2) is 9.54. The molecule has 2 atom stereocenters. The summed E-state index contributed by atoms with van der Waals surface area (Å²) in [6, 6.07) is 9.74. The second-order valence-electron chi connectivity index (χ2n) is 5.43. The summed E-state index contributed by atoms with van der Waals surface area (Å²) >= 11 is 0. The molecule has 1 aromatic carbocycles. The molecule has 0 bridgehead atoms. The molecule has 0 saturated carbocycles. The van der Waals surface area contributed by atoms with Crippen LogP contribution in [0.4, 0.5) is 0 Å². The highest BCUT2D eigenvalue weighted by Gasteiger charge is 2.17. The molecule has 0 saturated heterocycles. The quantitative estimate of drug-likeness (QED) is 0.728. The van der Waals surface area contributed by atoms with Crippen molar-refractivity contribution >= 4 is 5.91 Å².